The Balaban J connectivity index is 3.61. The molecule has 0 aromatic carbocycles. The zero-order valence-electron chi connectivity index (χ0n) is 10.8. The molecule has 0 fully saturated rings. The van der Waals surface area contributed by atoms with E-state index in [4.69, 9.17) is 5.11 Å². The molecule has 0 saturated heterocycles. The number of nitrogens with zero attached hydrogens (tertiary/aromatic N) is 1. The fourth-order valence-corrected chi connectivity index (χ4v) is 1.35. The molecule has 0 spiro atoms. The Hall–Kier alpha value is -1.30. The largest absolute Gasteiger partial charge is 0.480 e. The van der Waals surface area contributed by atoms with E-state index in [1.807, 2.05) is 0 Å². The van der Waals surface area contributed by atoms with Crippen LogP contribution in [-0.2, 0) is 4.79 Å². The van der Waals surface area contributed by atoms with E-state index in [0.29, 0.717) is 6.54 Å². The summed E-state index contributed by atoms with van der Waals surface area (Å²) in [5, 5.41) is 13.6. The standard InChI is InChI=1S/C11H23N3O3/c1-4-14(5-2)8-6-7-12-11(17)13-9(3)10(15)16/h9H,4-8H2,1-3H3,(H,15,16)(H2,12,13,17)/t9-/m1/s1. The van der Waals surface area contributed by atoms with Gasteiger partial charge in [-0.05, 0) is 33.0 Å². The highest BCUT2D eigenvalue weighted by Gasteiger charge is 2.12. The van der Waals surface area contributed by atoms with E-state index in [0.717, 1.165) is 26.1 Å². The molecule has 0 heterocycles. The third-order valence-electron chi connectivity index (χ3n) is 2.55. The van der Waals surface area contributed by atoms with Gasteiger partial charge in [-0.3, -0.25) is 4.79 Å². The van der Waals surface area contributed by atoms with Crippen LogP contribution in [0.4, 0.5) is 4.79 Å². The number of amides is 2. The smallest absolute Gasteiger partial charge is 0.325 e. The van der Waals surface area contributed by atoms with Crippen LogP contribution in [0, 0.1) is 0 Å². The number of hydrogen-bond donors (Lipinski definition) is 3. The van der Waals surface area contributed by atoms with Crippen molar-refractivity contribution < 1.29 is 14.7 Å². The number of carbonyl (C=O) groups is 2. The SMILES string of the molecule is CCN(CC)CCCNC(=O)N[C@H](C)C(=O)O. The molecule has 6 nitrogen and oxygen atoms in total. The quantitative estimate of drug-likeness (QED) is 0.544. The fraction of sp³-hybridized carbons (Fsp3) is 0.818. The van der Waals surface area contributed by atoms with Gasteiger partial charge in [0.25, 0.3) is 0 Å². The van der Waals surface area contributed by atoms with Crippen molar-refractivity contribution in [3.63, 3.8) is 0 Å². The van der Waals surface area contributed by atoms with Gasteiger partial charge < -0.3 is 20.6 Å². The van der Waals surface area contributed by atoms with Crippen molar-refractivity contribution in [2.45, 2.75) is 33.2 Å². The van der Waals surface area contributed by atoms with Gasteiger partial charge >= 0.3 is 12.0 Å². The van der Waals surface area contributed by atoms with Crippen LogP contribution in [-0.4, -0.2) is 54.2 Å². The molecule has 17 heavy (non-hydrogen) atoms. The molecule has 0 radical (unpaired) electrons. The molecule has 0 rings (SSSR count). The number of carboxylic acids is 1. The van der Waals surface area contributed by atoms with Gasteiger partial charge in [0.05, 0.1) is 0 Å². The molecule has 6 heteroatoms. The molecule has 0 aliphatic rings. The molecule has 0 bridgehead atoms. The average molecular weight is 245 g/mol. The Labute approximate surface area is 102 Å². The highest BCUT2D eigenvalue weighted by molar-refractivity contribution is 5.82. The van der Waals surface area contributed by atoms with E-state index in [2.05, 4.69) is 29.4 Å². The number of carbonyl (C=O) groups excluding carboxylic acids is 1. The first-order valence-electron chi connectivity index (χ1n) is 6.00. The first-order chi connectivity index (χ1) is 8.01. The van der Waals surface area contributed by atoms with E-state index in [1.54, 1.807) is 0 Å². The van der Waals surface area contributed by atoms with Crippen LogP contribution in [0.1, 0.15) is 27.2 Å². The Morgan fingerprint density at radius 3 is 2.35 bits per heavy atom. The molecular formula is C11H23N3O3. The van der Waals surface area contributed by atoms with Crippen molar-refractivity contribution in [1.82, 2.24) is 15.5 Å². The summed E-state index contributed by atoms with van der Waals surface area (Å²) < 4.78 is 0. The molecule has 1 atom stereocenters. The summed E-state index contributed by atoms with van der Waals surface area (Å²) in [7, 11) is 0. The van der Waals surface area contributed by atoms with E-state index in [-0.39, 0.29) is 0 Å². The van der Waals surface area contributed by atoms with Crippen molar-refractivity contribution in [2.75, 3.05) is 26.2 Å². The molecule has 0 aliphatic heterocycles. The lowest BCUT2D eigenvalue weighted by Gasteiger charge is -2.18. The average Bonchev–Trinajstić information content (AvgIpc) is 2.29. The predicted molar refractivity (Wildman–Crippen MR) is 66.0 cm³/mol. The van der Waals surface area contributed by atoms with Crippen LogP contribution in [0.5, 0.6) is 0 Å². The zero-order valence-corrected chi connectivity index (χ0v) is 10.8. The minimum absolute atomic E-state index is 0.431. The van der Waals surface area contributed by atoms with Gasteiger partial charge in [0.2, 0.25) is 0 Å². The molecule has 0 aliphatic carbocycles. The fourth-order valence-electron chi connectivity index (χ4n) is 1.35. The maximum absolute atomic E-state index is 11.2. The Morgan fingerprint density at radius 2 is 1.88 bits per heavy atom. The minimum Gasteiger partial charge on any atom is -0.480 e. The summed E-state index contributed by atoms with van der Waals surface area (Å²) in [5.41, 5.74) is 0. The minimum atomic E-state index is -1.04. The summed E-state index contributed by atoms with van der Waals surface area (Å²) in [5.74, 6) is -1.04. The van der Waals surface area contributed by atoms with Gasteiger partial charge in [-0.15, -0.1) is 0 Å². The molecule has 0 aromatic heterocycles. The highest BCUT2D eigenvalue weighted by atomic mass is 16.4. The topological polar surface area (TPSA) is 81.7 Å². The number of hydrogen-bond acceptors (Lipinski definition) is 3. The van der Waals surface area contributed by atoms with Crippen LogP contribution in [0.2, 0.25) is 0 Å². The van der Waals surface area contributed by atoms with Gasteiger partial charge in [-0.25, -0.2) is 4.79 Å². The second kappa shape index (κ2) is 8.81. The number of aliphatic carboxylic acids is 1. The van der Waals surface area contributed by atoms with Crippen LogP contribution in [0.3, 0.4) is 0 Å². The van der Waals surface area contributed by atoms with Crippen molar-refractivity contribution in [2.24, 2.45) is 0 Å². The van der Waals surface area contributed by atoms with E-state index in [1.165, 1.54) is 6.92 Å². The normalized spacial score (nSPS) is 12.2. The van der Waals surface area contributed by atoms with Gasteiger partial charge in [0.1, 0.15) is 6.04 Å². The highest BCUT2D eigenvalue weighted by Crippen LogP contribution is 1.89. The predicted octanol–water partition coefficient (Wildman–Crippen LogP) is 0.491. The summed E-state index contributed by atoms with van der Waals surface area (Å²) >= 11 is 0. The molecule has 0 unspecified atom stereocenters. The van der Waals surface area contributed by atoms with Gasteiger partial charge in [0.15, 0.2) is 0 Å². The monoisotopic (exact) mass is 245 g/mol. The number of urea groups is 1. The van der Waals surface area contributed by atoms with Crippen molar-refractivity contribution in [1.29, 1.82) is 0 Å². The van der Waals surface area contributed by atoms with Crippen molar-refractivity contribution >= 4 is 12.0 Å². The Morgan fingerprint density at radius 1 is 1.29 bits per heavy atom. The maximum atomic E-state index is 11.2. The number of carboxylic acid groups (broad SMARTS) is 1. The van der Waals surface area contributed by atoms with Crippen molar-refractivity contribution in [3.8, 4) is 0 Å². The summed E-state index contributed by atoms with van der Waals surface area (Å²) in [6.45, 7) is 9.10. The van der Waals surface area contributed by atoms with Gasteiger partial charge in [-0.1, -0.05) is 13.8 Å². The molecule has 0 aromatic rings. The summed E-state index contributed by atoms with van der Waals surface area (Å²) in [4.78, 5) is 24.0. The molecular weight excluding hydrogens is 222 g/mol. The molecule has 100 valence electrons. The lowest BCUT2D eigenvalue weighted by atomic mass is 10.3. The zero-order chi connectivity index (χ0) is 13.3. The lowest BCUT2D eigenvalue weighted by molar-refractivity contribution is -0.138. The van der Waals surface area contributed by atoms with Crippen molar-refractivity contribution in [3.05, 3.63) is 0 Å². The number of nitrogens with one attached hydrogen (secondary N) is 2. The lowest BCUT2D eigenvalue weighted by Crippen LogP contribution is -2.44. The molecule has 3 N–H and O–H groups in total. The van der Waals surface area contributed by atoms with Crippen LogP contribution >= 0.6 is 0 Å². The first kappa shape index (κ1) is 15.7. The molecule has 0 saturated carbocycles. The van der Waals surface area contributed by atoms with E-state index in [9.17, 15) is 9.59 Å². The first-order valence-corrected chi connectivity index (χ1v) is 6.00. The third-order valence-corrected chi connectivity index (χ3v) is 2.55. The maximum Gasteiger partial charge on any atom is 0.325 e. The van der Waals surface area contributed by atoms with E-state index >= 15 is 0 Å². The Bertz CT molecular complexity index is 242. The molecule has 2 amide bonds. The van der Waals surface area contributed by atoms with Crippen LogP contribution in [0.25, 0.3) is 0 Å². The second-order valence-electron chi connectivity index (χ2n) is 3.84. The number of rotatable bonds is 8. The Kier molecular flexibility index (Phi) is 8.13. The third kappa shape index (κ3) is 7.57. The van der Waals surface area contributed by atoms with Crippen LogP contribution in [0.15, 0.2) is 0 Å². The van der Waals surface area contributed by atoms with Gasteiger partial charge in [-0.2, -0.15) is 0 Å². The van der Waals surface area contributed by atoms with Gasteiger partial charge in [0, 0.05) is 6.54 Å². The summed E-state index contributed by atoms with van der Waals surface area (Å²) in [6.07, 6.45) is 0.858. The second-order valence-corrected chi connectivity index (χ2v) is 3.84. The summed E-state index contributed by atoms with van der Waals surface area (Å²) in [6, 6.07) is -1.29. The van der Waals surface area contributed by atoms with Crippen LogP contribution < -0.4 is 10.6 Å². The van der Waals surface area contributed by atoms with E-state index < -0.39 is 18.0 Å².